The van der Waals surface area contributed by atoms with Crippen LogP contribution in [0.15, 0.2) is 36.7 Å². The number of fused-ring (bicyclic) bond motifs is 1. The van der Waals surface area contributed by atoms with Crippen molar-refractivity contribution in [3.05, 3.63) is 42.2 Å². The number of carbonyl (C=O) groups excluding carboxylic acids is 1. The van der Waals surface area contributed by atoms with Crippen LogP contribution in [0.2, 0.25) is 0 Å². The molecule has 3 N–H and O–H groups in total. The molecule has 1 atom stereocenters. The quantitative estimate of drug-likeness (QED) is 0.682. The van der Waals surface area contributed by atoms with E-state index in [0.717, 1.165) is 10.2 Å². The largest absolute Gasteiger partial charge is 0.383 e. The van der Waals surface area contributed by atoms with Crippen LogP contribution in [0.5, 0.6) is 0 Å². The summed E-state index contributed by atoms with van der Waals surface area (Å²) in [6.07, 6.45) is 3.29. The van der Waals surface area contributed by atoms with Gasteiger partial charge in [-0.15, -0.1) is 0 Å². The lowest BCUT2D eigenvalue weighted by Gasteiger charge is -2.22. The van der Waals surface area contributed by atoms with Crippen LogP contribution in [0.1, 0.15) is 12.5 Å². The number of urea groups is 1. The number of aliphatic hydroxyl groups is 1. The van der Waals surface area contributed by atoms with Crippen molar-refractivity contribution in [2.45, 2.75) is 12.5 Å². The van der Waals surface area contributed by atoms with E-state index in [1.165, 1.54) is 11.3 Å². The van der Waals surface area contributed by atoms with Gasteiger partial charge in [-0.1, -0.05) is 23.5 Å². The number of para-hydroxylation sites is 1. The topological polar surface area (TPSA) is 92.1 Å². The number of benzene rings is 1. The van der Waals surface area contributed by atoms with Gasteiger partial charge in [0.1, 0.15) is 5.60 Å². The van der Waals surface area contributed by atoms with Crippen LogP contribution < -0.4 is 10.6 Å². The Morgan fingerprint density at radius 1 is 1.43 bits per heavy atom. The van der Waals surface area contributed by atoms with Crippen LogP contribution in [-0.2, 0) is 12.6 Å². The standard InChI is InChI=1S/C15H17N5O2S/c1-15(22,10-7-17-20(2)8-10)9-16-13(21)19-14-18-11-5-3-4-6-12(11)23-14/h3-8,22H,9H2,1-2H3,(H2,16,18,19,21). The van der Waals surface area contributed by atoms with E-state index in [9.17, 15) is 9.90 Å². The van der Waals surface area contributed by atoms with Gasteiger partial charge in [0.15, 0.2) is 5.13 Å². The van der Waals surface area contributed by atoms with Gasteiger partial charge in [-0.05, 0) is 19.1 Å². The SMILES string of the molecule is Cn1cc(C(C)(O)CNC(=O)Nc2nc3ccccc3s2)cn1. The summed E-state index contributed by atoms with van der Waals surface area (Å²) in [6.45, 7) is 1.69. The number of amides is 2. The predicted octanol–water partition coefficient (Wildman–Crippen LogP) is 2.06. The second-order valence-electron chi connectivity index (χ2n) is 5.47. The van der Waals surface area contributed by atoms with Crippen molar-refractivity contribution in [2.75, 3.05) is 11.9 Å². The van der Waals surface area contributed by atoms with Crippen molar-refractivity contribution in [2.24, 2.45) is 7.05 Å². The fraction of sp³-hybridized carbons (Fsp3) is 0.267. The lowest BCUT2D eigenvalue weighted by atomic mass is 10.00. The molecular formula is C15H17N5O2S. The number of hydrogen-bond donors (Lipinski definition) is 3. The summed E-state index contributed by atoms with van der Waals surface area (Å²) >= 11 is 1.40. The van der Waals surface area contributed by atoms with E-state index in [4.69, 9.17) is 0 Å². The summed E-state index contributed by atoms with van der Waals surface area (Å²) in [7, 11) is 1.77. The molecule has 0 fully saturated rings. The molecule has 0 bridgehead atoms. The molecule has 2 amide bonds. The van der Waals surface area contributed by atoms with Gasteiger partial charge in [0.05, 0.1) is 23.0 Å². The summed E-state index contributed by atoms with van der Waals surface area (Å²) in [5, 5.41) is 20.3. The maximum atomic E-state index is 12.0. The lowest BCUT2D eigenvalue weighted by Crippen LogP contribution is -2.40. The molecule has 0 saturated heterocycles. The number of nitrogens with one attached hydrogen (secondary N) is 2. The zero-order chi connectivity index (χ0) is 16.4. The van der Waals surface area contributed by atoms with Gasteiger partial charge >= 0.3 is 6.03 Å². The van der Waals surface area contributed by atoms with Gasteiger partial charge in [0.25, 0.3) is 0 Å². The third kappa shape index (κ3) is 3.49. The van der Waals surface area contributed by atoms with Crippen LogP contribution in [0.4, 0.5) is 9.93 Å². The number of aromatic nitrogens is 3. The van der Waals surface area contributed by atoms with E-state index >= 15 is 0 Å². The molecule has 23 heavy (non-hydrogen) atoms. The first-order valence-corrected chi connectivity index (χ1v) is 7.88. The molecule has 0 saturated carbocycles. The van der Waals surface area contributed by atoms with Gasteiger partial charge in [-0.25, -0.2) is 9.78 Å². The van der Waals surface area contributed by atoms with Crippen molar-refractivity contribution < 1.29 is 9.90 Å². The summed E-state index contributed by atoms with van der Waals surface area (Å²) in [5.74, 6) is 0. The van der Waals surface area contributed by atoms with Crippen LogP contribution in [0.25, 0.3) is 10.2 Å². The first-order valence-electron chi connectivity index (χ1n) is 7.06. The van der Waals surface area contributed by atoms with Gasteiger partial charge < -0.3 is 10.4 Å². The molecule has 0 spiro atoms. The average molecular weight is 331 g/mol. The second-order valence-corrected chi connectivity index (χ2v) is 6.50. The number of aryl methyl sites for hydroxylation is 1. The molecule has 120 valence electrons. The minimum absolute atomic E-state index is 0.0649. The van der Waals surface area contributed by atoms with Gasteiger partial charge in [0.2, 0.25) is 0 Å². The smallest absolute Gasteiger partial charge is 0.321 e. The maximum Gasteiger partial charge on any atom is 0.321 e. The highest BCUT2D eigenvalue weighted by Crippen LogP contribution is 2.25. The zero-order valence-electron chi connectivity index (χ0n) is 12.8. The zero-order valence-corrected chi connectivity index (χ0v) is 13.6. The Kier molecular flexibility index (Phi) is 4.01. The normalized spacial score (nSPS) is 13.7. The number of rotatable bonds is 4. The Labute approximate surface area is 137 Å². The fourth-order valence-electron chi connectivity index (χ4n) is 2.12. The summed E-state index contributed by atoms with van der Waals surface area (Å²) in [5.41, 5.74) is 0.287. The number of carbonyl (C=O) groups is 1. The molecule has 3 aromatic rings. The molecule has 3 rings (SSSR count). The lowest BCUT2D eigenvalue weighted by molar-refractivity contribution is 0.0599. The van der Waals surface area contributed by atoms with Gasteiger partial charge in [0, 0.05) is 18.8 Å². The van der Waals surface area contributed by atoms with Gasteiger partial charge in [-0.3, -0.25) is 10.00 Å². The minimum atomic E-state index is -1.20. The molecule has 0 aliphatic carbocycles. The third-order valence-corrected chi connectivity index (χ3v) is 4.39. The van der Waals surface area contributed by atoms with Gasteiger partial charge in [-0.2, -0.15) is 5.10 Å². The fourth-order valence-corrected chi connectivity index (χ4v) is 2.98. The summed E-state index contributed by atoms with van der Waals surface area (Å²) < 4.78 is 2.61. The van der Waals surface area contributed by atoms with E-state index in [1.807, 2.05) is 24.3 Å². The van der Waals surface area contributed by atoms with Crippen LogP contribution in [-0.4, -0.2) is 32.4 Å². The molecule has 0 aliphatic heterocycles. The Bertz CT molecular complexity index is 806. The predicted molar refractivity (Wildman–Crippen MR) is 89.4 cm³/mol. The highest BCUT2D eigenvalue weighted by atomic mass is 32.1. The van der Waals surface area contributed by atoms with E-state index in [2.05, 4.69) is 20.7 Å². The Morgan fingerprint density at radius 2 is 2.22 bits per heavy atom. The van der Waals surface area contributed by atoms with Crippen molar-refractivity contribution >= 4 is 32.7 Å². The molecule has 0 aliphatic rings. The Balaban J connectivity index is 1.61. The first-order chi connectivity index (χ1) is 10.9. The van der Waals surface area contributed by atoms with E-state index in [-0.39, 0.29) is 6.54 Å². The van der Waals surface area contributed by atoms with E-state index in [1.54, 1.807) is 31.0 Å². The highest BCUT2D eigenvalue weighted by molar-refractivity contribution is 7.22. The molecule has 1 aromatic carbocycles. The van der Waals surface area contributed by atoms with Crippen molar-refractivity contribution in [1.82, 2.24) is 20.1 Å². The highest BCUT2D eigenvalue weighted by Gasteiger charge is 2.25. The number of thiazole rings is 1. The van der Waals surface area contributed by atoms with Crippen molar-refractivity contribution in [1.29, 1.82) is 0 Å². The average Bonchev–Trinajstić information content (AvgIpc) is 3.11. The van der Waals surface area contributed by atoms with Crippen LogP contribution in [0.3, 0.4) is 0 Å². The summed E-state index contributed by atoms with van der Waals surface area (Å²) in [6, 6.07) is 7.26. The molecule has 2 heterocycles. The summed E-state index contributed by atoms with van der Waals surface area (Å²) in [4.78, 5) is 16.3. The third-order valence-electron chi connectivity index (χ3n) is 3.43. The molecule has 2 aromatic heterocycles. The Morgan fingerprint density at radius 3 is 2.91 bits per heavy atom. The number of hydrogen-bond acceptors (Lipinski definition) is 5. The molecule has 7 nitrogen and oxygen atoms in total. The number of nitrogens with zero attached hydrogens (tertiary/aromatic N) is 3. The van der Waals surface area contributed by atoms with E-state index in [0.29, 0.717) is 10.7 Å². The first kappa shape index (κ1) is 15.4. The molecule has 1 unspecified atom stereocenters. The maximum absolute atomic E-state index is 12.0. The molecule has 8 heteroatoms. The van der Waals surface area contributed by atoms with Crippen LogP contribution in [0, 0.1) is 0 Å². The van der Waals surface area contributed by atoms with Crippen molar-refractivity contribution in [3.8, 4) is 0 Å². The van der Waals surface area contributed by atoms with E-state index < -0.39 is 11.6 Å². The monoisotopic (exact) mass is 331 g/mol. The molecule has 0 radical (unpaired) electrons. The minimum Gasteiger partial charge on any atom is -0.383 e. The van der Waals surface area contributed by atoms with Crippen LogP contribution >= 0.6 is 11.3 Å². The molecular weight excluding hydrogens is 314 g/mol. The number of anilines is 1. The second kappa shape index (κ2) is 5.98. The van der Waals surface area contributed by atoms with Crippen molar-refractivity contribution in [3.63, 3.8) is 0 Å². The Hall–Kier alpha value is -2.45.